The normalized spacial score (nSPS) is 11.9. The van der Waals surface area contributed by atoms with Crippen molar-refractivity contribution < 1.29 is 13.3 Å². The van der Waals surface area contributed by atoms with Crippen LogP contribution in [0.25, 0.3) is 99.1 Å². The fraction of sp³-hybridized carbons (Fsp3) is 0. The van der Waals surface area contributed by atoms with Crippen LogP contribution in [0.3, 0.4) is 0 Å². The molecule has 0 radical (unpaired) electrons. The minimum atomic E-state index is 0.569. The van der Waals surface area contributed by atoms with E-state index in [0.29, 0.717) is 5.89 Å². The van der Waals surface area contributed by atoms with Crippen LogP contribution in [0.4, 0.5) is 17.1 Å². The van der Waals surface area contributed by atoms with Gasteiger partial charge in [0.05, 0.1) is 0 Å². The quantitative estimate of drug-likeness (QED) is 0.177. The Morgan fingerprint density at radius 2 is 1.00 bits per heavy atom. The van der Waals surface area contributed by atoms with Crippen molar-refractivity contribution in [3.63, 3.8) is 0 Å². The minimum Gasteiger partial charge on any atom is -0.456 e. The van der Waals surface area contributed by atoms with Crippen molar-refractivity contribution in [2.24, 2.45) is 0 Å². The molecule has 12 aromatic rings. The number of hydrogen-bond donors (Lipinski definition) is 0. The Balaban J connectivity index is 1.04. The van der Waals surface area contributed by atoms with Gasteiger partial charge in [0.2, 0.25) is 5.89 Å². The Morgan fingerprint density at radius 3 is 1.80 bits per heavy atom. The van der Waals surface area contributed by atoms with Crippen molar-refractivity contribution in [3.8, 4) is 22.6 Å². The first-order valence-electron chi connectivity index (χ1n) is 18.8. The van der Waals surface area contributed by atoms with E-state index in [-0.39, 0.29) is 0 Å². The van der Waals surface area contributed by atoms with E-state index in [1.807, 2.05) is 36.4 Å². The van der Waals surface area contributed by atoms with Crippen molar-refractivity contribution in [2.45, 2.75) is 0 Å². The molecular weight excluding hydrogens is 689 g/mol. The highest BCUT2D eigenvalue weighted by Gasteiger charge is 2.21. The fourth-order valence-corrected chi connectivity index (χ4v) is 8.48. The second-order valence-electron chi connectivity index (χ2n) is 14.3. The molecule has 0 aliphatic heterocycles. The monoisotopic (exact) mass is 718 g/mol. The van der Waals surface area contributed by atoms with Crippen LogP contribution in [0.15, 0.2) is 195 Å². The number of aromatic nitrogens is 1. The van der Waals surface area contributed by atoms with Gasteiger partial charge in [-0.05, 0) is 87.9 Å². The molecule has 0 N–H and O–H groups in total. The van der Waals surface area contributed by atoms with E-state index in [9.17, 15) is 0 Å². The molecule has 5 heteroatoms. The molecule has 0 amide bonds. The van der Waals surface area contributed by atoms with Gasteiger partial charge in [0.1, 0.15) is 27.8 Å². The number of oxazole rings is 1. The van der Waals surface area contributed by atoms with Gasteiger partial charge < -0.3 is 18.2 Å². The number of benzene rings is 9. The van der Waals surface area contributed by atoms with E-state index in [2.05, 4.69) is 150 Å². The van der Waals surface area contributed by atoms with Crippen molar-refractivity contribution in [2.75, 3.05) is 4.90 Å². The van der Waals surface area contributed by atoms with Gasteiger partial charge in [0.15, 0.2) is 5.58 Å². The molecular formula is C51H30N2O3. The third-order valence-electron chi connectivity index (χ3n) is 11.1. The fourth-order valence-electron chi connectivity index (χ4n) is 8.48. The first kappa shape index (κ1) is 30.8. The van der Waals surface area contributed by atoms with Crippen LogP contribution in [-0.4, -0.2) is 4.98 Å². The van der Waals surface area contributed by atoms with Crippen molar-refractivity contribution in [1.82, 2.24) is 4.98 Å². The topological polar surface area (TPSA) is 55.6 Å². The first-order valence-corrected chi connectivity index (χ1v) is 18.8. The lowest BCUT2D eigenvalue weighted by molar-refractivity contribution is 0.623. The molecule has 3 heterocycles. The molecule has 262 valence electrons. The van der Waals surface area contributed by atoms with Crippen LogP contribution in [0, 0.1) is 0 Å². The van der Waals surface area contributed by atoms with E-state index >= 15 is 0 Å². The number of nitrogens with zero attached hydrogens (tertiary/aromatic N) is 2. The summed E-state index contributed by atoms with van der Waals surface area (Å²) in [4.78, 5) is 7.23. The maximum atomic E-state index is 6.65. The third kappa shape index (κ3) is 4.71. The summed E-state index contributed by atoms with van der Waals surface area (Å²) in [5.74, 6) is 0.569. The first-order chi connectivity index (χ1) is 27.7. The minimum absolute atomic E-state index is 0.569. The van der Waals surface area contributed by atoms with Gasteiger partial charge in [0.25, 0.3) is 0 Å². The van der Waals surface area contributed by atoms with Crippen molar-refractivity contribution in [3.05, 3.63) is 182 Å². The van der Waals surface area contributed by atoms with Gasteiger partial charge >= 0.3 is 0 Å². The van der Waals surface area contributed by atoms with Gasteiger partial charge in [-0.3, -0.25) is 0 Å². The van der Waals surface area contributed by atoms with E-state index in [1.54, 1.807) is 0 Å². The second kappa shape index (κ2) is 11.9. The Hall–Kier alpha value is -7.63. The van der Waals surface area contributed by atoms with E-state index in [0.717, 1.165) is 99.5 Å². The zero-order valence-corrected chi connectivity index (χ0v) is 29.9. The largest absolute Gasteiger partial charge is 0.456 e. The molecule has 0 saturated heterocycles. The predicted octanol–water partition coefficient (Wildman–Crippen LogP) is 14.7. The Kier molecular flexibility index (Phi) is 6.56. The van der Waals surface area contributed by atoms with E-state index < -0.39 is 0 Å². The molecule has 0 aliphatic carbocycles. The van der Waals surface area contributed by atoms with E-state index in [1.165, 1.54) is 10.8 Å². The Labute approximate surface area is 320 Å². The Bertz CT molecular complexity index is 3500. The molecule has 0 saturated carbocycles. The van der Waals surface area contributed by atoms with Crippen LogP contribution < -0.4 is 4.90 Å². The number of hydrogen-bond acceptors (Lipinski definition) is 5. The lowest BCUT2D eigenvalue weighted by Crippen LogP contribution is -2.09. The molecule has 5 nitrogen and oxygen atoms in total. The van der Waals surface area contributed by atoms with Gasteiger partial charge in [-0.1, -0.05) is 109 Å². The zero-order chi connectivity index (χ0) is 36.7. The SMILES string of the molecule is c1ccc(-c2cccc(N(c3ccc4c(c3)oc3cccc(-c5nc6ccc7ccccc7c6o5)c34)c3ccc4c(c3)oc3ccc5ccccc5c34)c2)cc1. The molecule has 0 atom stereocenters. The lowest BCUT2D eigenvalue weighted by Gasteiger charge is -2.26. The maximum absolute atomic E-state index is 6.65. The summed E-state index contributed by atoms with van der Waals surface area (Å²) in [7, 11) is 0. The van der Waals surface area contributed by atoms with Crippen LogP contribution in [-0.2, 0) is 0 Å². The summed E-state index contributed by atoms with van der Waals surface area (Å²) in [5.41, 5.74) is 11.0. The van der Waals surface area contributed by atoms with Crippen molar-refractivity contribution >= 4 is 93.6 Å². The molecule has 12 rings (SSSR count). The summed E-state index contributed by atoms with van der Waals surface area (Å²) in [6, 6.07) is 63.2. The molecule has 3 aromatic heterocycles. The molecule has 0 fully saturated rings. The number of furan rings is 2. The second-order valence-corrected chi connectivity index (χ2v) is 14.3. The highest BCUT2D eigenvalue weighted by molar-refractivity contribution is 6.19. The number of fused-ring (bicyclic) bond motifs is 11. The summed E-state index contributed by atoms with van der Waals surface area (Å²) in [6.45, 7) is 0. The summed E-state index contributed by atoms with van der Waals surface area (Å²) >= 11 is 0. The lowest BCUT2D eigenvalue weighted by atomic mass is 10.0. The molecule has 0 aliphatic rings. The van der Waals surface area contributed by atoms with Gasteiger partial charge in [-0.25, -0.2) is 4.98 Å². The molecule has 0 spiro atoms. The summed E-state index contributed by atoms with van der Waals surface area (Å²) in [6.07, 6.45) is 0. The average Bonchev–Trinajstić information content (AvgIpc) is 3.97. The smallest absolute Gasteiger partial charge is 0.228 e. The molecule has 56 heavy (non-hydrogen) atoms. The van der Waals surface area contributed by atoms with Crippen LogP contribution in [0.2, 0.25) is 0 Å². The highest BCUT2D eigenvalue weighted by Crippen LogP contribution is 2.44. The summed E-state index contributed by atoms with van der Waals surface area (Å²) < 4.78 is 19.7. The third-order valence-corrected chi connectivity index (χ3v) is 11.1. The number of rotatable bonds is 5. The van der Waals surface area contributed by atoms with Gasteiger partial charge in [-0.15, -0.1) is 0 Å². The standard InChI is InChI=1S/C51H30N2O3/c1-2-10-31(11-3-1)34-14-8-15-35(28-34)53(36-22-24-40-46(29-36)55-45-27-21-32-12-4-6-16-38(32)48(40)45)37-23-25-41-47(30-37)54-44-19-9-18-42(49(41)44)51-52-43-26-20-33-13-5-7-17-39(33)50(43)56-51/h1-30H. The van der Waals surface area contributed by atoms with Gasteiger partial charge in [-0.2, -0.15) is 0 Å². The maximum Gasteiger partial charge on any atom is 0.228 e. The van der Waals surface area contributed by atoms with Crippen LogP contribution in [0.5, 0.6) is 0 Å². The summed E-state index contributed by atoms with van der Waals surface area (Å²) in [5, 5.41) is 8.72. The predicted molar refractivity (Wildman–Crippen MR) is 229 cm³/mol. The molecule has 9 aromatic carbocycles. The van der Waals surface area contributed by atoms with Crippen molar-refractivity contribution in [1.29, 1.82) is 0 Å². The zero-order valence-electron chi connectivity index (χ0n) is 29.9. The highest BCUT2D eigenvalue weighted by atomic mass is 16.4. The Morgan fingerprint density at radius 1 is 0.375 bits per heavy atom. The van der Waals surface area contributed by atoms with Gasteiger partial charge in [0, 0.05) is 61.7 Å². The molecule has 0 unspecified atom stereocenters. The number of anilines is 3. The van der Waals surface area contributed by atoms with E-state index in [4.69, 9.17) is 18.2 Å². The van der Waals surface area contributed by atoms with Crippen LogP contribution in [0.1, 0.15) is 0 Å². The van der Waals surface area contributed by atoms with Crippen LogP contribution >= 0.6 is 0 Å². The average molecular weight is 719 g/mol. The molecule has 0 bridgehead atoms.